The van der Waals surface area contributed by atoms with E-state index in [1.165, 1.54) is 0 Å². The number of esters is 1. The van der Waals surface area contributed by atoms with Gasteiger partial charge in [-0.05, 0) is 49.7 Å². The number of benzene rings is 2. The highest BCUT2D eigenvalue weighted by molar-refractivity contribution is 5.96. The van der Waals surface area contributed by atoms with E-state index in [1.807, 2.05) is 26.0 Å². The van der Waals surface area contributed by atoms with Crippen LogP contribution in [0.4, 0.5) is 0 Å². The van der Waals surface area contributed by atoms with Gasteiger partial charge in [0.25, 0.3) is 0 Å². The summed E-state index contributed by atoms with van der Waals surface area (Å²) >= 11 is 0. The molecule has 0 radical (unpaired) electrons. The van der Waals surface area contributed by atoms with E-state index in [9.17, 15) is 4.79 Å². The van der Waals surface area contributed by atoms with Crippen molar-refractivity contribution in [2.75, 3.05) is 6.61 Å². The Morgan fingerprint density at radius 1 is 1.20 bits per heavy atom. The molecule has 5 nitrogen and oxygen atoms in total. The van der Waals surface area contributed by atoms with Crippen LogP contribution in [-0.4, -0.2) is 12.6 Å². The third kappa shape index (κ3) is 3.48. The molecule has 5 heteroatoms. The van der Waals surface area contributed by atoms with Crippen molar-refractivity contribution in [2.24, 2.45) is 0 Å². The van der Waals surface area contributed by atoms with Crippen molar-refractivity contribution in [3.8, 4) is 11.8 Å². The summed E-state index contributed by atoms with van der Waals surface area (Å²) in [5, 5.41) is 9.62. The molecule has 126 valence electrons. The molecule has 0 bridgehead atoms. The quantitative estimate of drug-likeness (QED) is 0.647. The summed E-state index contributed by atoms with van der Waals surface area (Å²) in [4.78, 5) is 12.3. The first-order valence-corrected chi connectivity index (χ1v) is 7.94. The maximum absolute atomic E-state index is 12.3. The fourth-order valence-electron chi connectivity index (χ4n) is 2.54. The van der Waals surface area contributed by atoms with Crippen molar-refractivity contribution in [1.82, 2.24) is 0 Å². The van der Waals surface area contributed by atoms with Gasteiger partial charge in [-0.2, -0.15) is 5.26 Å². The summed E-state index contributed by atoms with van der Waals surface area (Å²) in [6.07, 6.45) is 0. The second-order valence-corrected chi connectivity index (χ2v) is 5.53. The van der Waals surface area contributed by atoms with Crippen molar-refractivity contribution in [2.45, 2.75) is 20.5 Å². The third-order valence-corrected chi connectivity index (χ3v) is 3.86. The van der Waals surface area contributed by atoms with Crippen molar-refractivity contribution < 1.29 is 18.7 Å². The lowest BCUT2D eigenvalue weighted by Crippen LogP contribution is -2.05. The van der Waals surface area contributed by atoms with E-state index in [1.54, 1.807) is 36.4 Å². The van der Waals surface area contributed by atoms with Crippen molar-refractivity contribution >= 4 is 16.9 Å². The van der Waals surface area contributed by atoms with Crippen LogP contribution < -0.4 is 4.74 Å². The highest BCUT2D eigenvalue weighted by Gasteiger charge is 2.19. The number of carbonyl (C=O) groups excluding carboxylic acids is 1. The van der Waals surface area contributed by atoms with E-state index in [-0.39, 0.29) is 12.4 Å². The second kappa shape index (κ2) is 7.10. The minimum atomic E-state index is -0.518. The Morgan fingerprint density at radius 3 is 2.64 bits per heavy atom. The standard InChI is InChI=1S/C20H17NO4/c1-3-23-16-8-9-18-17(10-16)13(2)19(25-18)20(22)24-12-15-6-4-14(11-21)5-7-15/h4-10H,3,12H2,1-2H3. The van der Waals surface area contributed by atoms with Gasteiger partial charge in [-0.1, -0.05) is 12.1 Å². The average Bonchev–Trinajstić information content (AvgIpc) is 2.97. The first-order valence-electron chi connectivity index (χ1n) is 7.94. The van der Waals surface area contributed by atoms with Crippen molar-refractivity contribution in [3.05, 3.63) is 64.9 Å². The second-order valence-electron chi connectivity index (χ2n) is 5.53. The molecule has 0 N–H and O–H groups in total. The number of fused-ring (bicyclic) bond motifs is 1. The third-order valence-electron chi connectivity index (χ3n) is 3.86. The Bertz CT molecular complexity index is 948. The molecule has 3 rings (SSSR count). The number of carbonyl (C=O) groups is 1. The van der Waals surface area contributed by atoms with E-state index in [0.29, 0.717) is 17.8 Å². The van der Waals surface area contributed by atoms with E-state index in [2.05, 4.69) is 0 Å². The lowest BCUT2D eigenvalue weighted by molar-refractivity contribution is 0.0437. The Hall–Kier alpha value is -3.26. The monoisotopic (exact) mass is 335 g/mol. The van der Waals surface area contributed by atoms with E-state index < -0.39 is 5.97 Å². The Morgan fingerprint density at radius 2 is 1.96 bits per heavy atom. The summed E-state index contributed by atoms with van der Waals surface area (Å²) in [6.45, 7) is 4.42. The number of aryl methyl sites for hydroxylation is 1. The molecule has 0 spiro atoms. The molecule has 0 saturated heterocycles. The molecular formula is C20H17NO4. The normalized spacial score (nSPS) is 10.4. The molecule has 2 aromatic carbocycles. The minimum Gasteiger partial charge on any atom is -0.494 e. The lowest BCUT2D eigenvalue weighted by Gasteiger charge is -2.04. The Kier molecular flexibility index (Phi) is 4.71. The van der Waals surface area contributed by atoms with E-state index >= 15 is 0 Å². The zero-order valence-electron chi connectivity index (χ0n) is 14.0. The van der Waals surface area contributed by atoms with E-state index in [4.69, 9.17) is 19.2 Å². The van der Waals surface area contributed by atoms with Crippen LogP contribution in [0.3, 0.4) is 0 Å². The minimum absolute atomic E-state index is 0.116. The molecule has 0 saturated carbocycles. The number of rotatable bonds is 5. The predicted molar refractivity (Wildman–Crippen MR) is 92.4 cm³/mol. The number of nitrogens with zero attached hydrogens (tertiary/aromatic N) is 1. The summed E-state index contributed by atoms with van der Waals surface area (Å²) in [5.41, 5.74) is 2.71. The van der Waals surface area contributed by atoms with Crippen LogP contribution in [-0.2, 0) is 11.3 Å². The lowest BCUT2D eigenvalue weighted by atomic mass is 10.1. The predicted octanol–water partition coefficient (Wildman–Crippen LogP) is 4.37. The van der Waals surface area contributed by atoms with Gasteiger partial charge < -0.3 is 13.9 Å². The van der Waals surface area contributed by atoms with Crippen LogP contribution in [0.15, 0.2) is 46.9 Å². The van der Waals surface area contributed by atoms with Crippen LogP contribution in [0.5, 0.6) is 5.75 Å². The molecule has 0 atom stereocenters. The Labute approximate surface area is 145 Å². The van der Waals surface area contributed by atoms with Gasteiger partial charge in [0.1, 0.15) is 17.9 Å². The number of ether oxygens (including phenoxy) is 2. The smallest absolute Gasteiger partial charge is 0.374 e. The van der Waals surface area contributed by atoms with Gasteiger partial charge in [-0.15, -0.1) is 0 Å². The molecular weight excluding hydrogens is 318 g/mol. The van der Waals surface area contributed by atoms with Gasteiger partial charge in [-0.25, -0.2) is 4.79 Å². The fraction of sp³-hybridized carbons (Fsp3) is 0.200. The van der Waals surface area contributed by atoms with Crippen molar-refractivity contribution in [3.63, 3.8) is 0 Å². The van der Waals surface area contributed by atoms with Crippen LogP contribution in [0.1, 0.15) is 34.2 Å². The number of hydrogen-bond acceptors (Lipinski definition) is 5. The molecule has 0 unspecified atom stereocenters. The number of hydrogen-bond donors (Lipinski definition) is 0. The maximum atomic E-state index is 12.3. The molecule has 0 fully saturated rings. The topological polar surface area (TPSA) is 72.5 Å². The van der Waals surface area contributed by atoms with Gasteiger partial charge in [-0.3, -0.25) is 0 Å². The van der Waals surface area contributed by atoms with Gasteiger partial charge >= 0.3 is 5.97 Å². The van der Waals surface area contributed by atoms with Crippen LogP contribution in [0.2, 0.25) is 0 Å². The zero-order chi connectivity index (χ0) is 17.8. The summed E-state index contributed by atoms with van der Waals surface area (Å²) < 4.78 is 16.5. The van der Waals surface area contributed by atoms with Crippen LogP contribution >= 0.6 is 0 Å². The Balaban J connectivity index is 1.77. The molecule has 0 amide bonds. The van der Waals surface area contributed by atoms with Gasteiger partial charge in [0.2, 0.25) is 5.76 Å². The molecule has 0 aliphatic rings. The van der Waals surface area contributed by atoms with Gasteiger partial charge in [0.05, 0.1) is 18.2 Å². The van der Waals surface area contributed by atoms with Crippen LogP contribution in [0, 0.1) is 18.3 Å². The number of furan rings is 1. The number of nitriles is 1. The summed E-state index contributed by atoms with van der Waals surface area (Å²) in [6, 6.07) is 14.4. The van der Waals surface area contributed by atoms with Gasteiger partial charge in [0, 0.05) is 10.9 Å². The zero-order valence-corrected chi connectivity index (χ0v) is 14.0. The average molecular weight is 335 g/mol. The first kappa shape index (κ1) is 16.6. The molecule has 3 aromatic rings. The molecule has 1 aromatic heterocycles. The fourth-order valence-corrected chi connectivity index (χ4v) is 2.54. The van der Waals surface area contributed by atoms with Crippen LogP contribution in [0.25, 0.3) is 11.0 Å². The molecule has 25 heavy (non-hydrogen) atoms. The van der Waals surface area contributed by atoms with E-state index in [0.717, 1.165) is 22.3 Å². The SMILES string of the molecule is CCOc1ccc2oc(C(=O)OCc3ccc(C#N)cc3)c(C)c2c1. The molecule has 0 aliphatic carbocycles. The highest BCUT2D eigenvalue weighted by Crippen LogP contribution is 2.29. The largest absolute Gasteiger partial charge is 0.494 e. The summed E-state index contributed by atoms with van der Waals surface area (Å²) in [7, 11) is 0. The molecule has 0 aliphatic heterocycles. The maximum Gasteiger partial charge on any atom is 0.374 e. The highest BCUT2D eigenvalue weighted by atomic mass is 16.5. The van der Waals surface area contributed by atoms with Gasteiger partial charge in [0.15, 0.2) is 0 Å². The first-order chi connectivity index (χ1) is 12.1. The summed E-state index contributed by atoms with van der Waals surface area (Å²) in [5.74, 6) is 0.407. The van der Waals surface area contributed by atoms with Crippen molar-refractivity contribution in [1.29, 1.82) is 5.26 Å². The molecule has 1 heterocycles.